The molecule has 3 bridgehead atoms. The predicted octanol–water partition coefficient (Wildman–Crippen LogP) is 7.25. The standard InChI is InChI=1S/C30H38O5/c1-29(2)18-17-23-24(33-29)19-21-15-13-11-9-7-5-3-4-6-8-10-12-14-16-22-20-30(35-28(22)32)27(31)25(21)26(23)34-30/h17-20H,3-16H2,1-2H3. The lowest BCUT2D eigenvalue weighted by molar-refractivity contribution is -0.158. The molecule has 0 amide bonds. The first-order valence-electron chi connectivity index (χ1n) is 13.7. The summed E-state index contributed by atoms with van der Waals surface area (Å²) in [5.74, 6) is -1.14. The van der Waals surface area contributed by atoms with Gasteiger partial charge in [-0.2, -0.15) is 0 Å². The molecule has 1 aliphatic carbocycles. The number of benzene rings is 1. The fraction of sp³-hybridized carbons (Fsp3) is 0.600. The van der Waals surface area contributed by atoms with Gasteiger partial charge in [-0.05, 0) is 63.3 Å². The Morgan fingerprint density at radius 3 is 2.00 bits per heavy atom. The van der Waals surface area contributed by atoms with Crippen molar-refractivity contribution in [3.05, 3.63) is 40.5 Å². The predicted molar refractivity (Wildman–Crippen MR) is 136 cm³/mol. The topological polar surface area (TPSA) is 61.8 Å². The van der Waals surface area contributed by atoms with E-state index in [0.717, 1.165) is 49.0 Å². The van der Waals surface area contributed by atoms with Crippen molar-refractivity contribution >= 4 is 17.8 Å². The summed E-state index contributed by atoms with van der Waals surface area (Å²) in [6, 6.07) is 2.01. The number of rotatable bonds is 0. The van der Waals surface area contributed by atoms with Crippen molar-refractivity contribution < 1.29 is 23.8 Å². The molecule has 3 heterocycles. The molecule has 5 heteroatoms. The van der Waals surface area contributed by atoms with Crippen molar-refractivity contribution in [3.8, 4) is 11.5 Å². The van der Waals surface area contributed by atoms with E-state index in [-0.39, 0.29) is 5.78 Å². The number of fused-ring (bicyclic) bond motifs is 2. The highest BCUT2D eigenvalue weighted by Crippen LogP contribution is 2.50. The second-order valence-corrected chi connectivity index (χ2v) is 11.1. The molecule has 1 aromatic rings. The molecule has 0 N–H and O–H groups in total. The molecule has 0 saturated heterocycles. The van der Waals surface area contributed by atoms with Crippen LogP contribution in [0, 0.1) is 0 Å². The van der Waals surface area contributed by atoms with Crippen molar-refractivity contribution in [1.82, 2.24) is 0 Å². The Morgan fingerprint density at radius 1 is 0.743 bits per heavy atom. The maximum absolute atomic E-state index is 13.8. The lowest BCUT2D eigenvalue weighted by atomic mass is 9.91. The molecular weight excluding hydrogens is 440 g/mol. The smallest absolute Gasteiger partial charge is 0.340 e. The first-order valence-corrected chi connectivity index (χ1v) is 13.7. The monoisotopic (exact) mass is 478 g/mol. The summed E-state index contributed by atoms with van der Waals surface area (Å²) in [7, 11) is 0. The molecule has 1 spiro atoms. The van der Waals surface area contributed by atoms with Gasteiger partial charge < -0.3 is 14.2 Å². The number of hydrogen-bond donors (Lipinski definition) is 0. The summed E-state index contributed by atoms with van der Waals surface area (Å²) in [4.78, 5) is 26.5. The van der Waals surface area contributed by atoms with E-state index in [2.05, 4.69) is 0 Å². The highest BCUT2D eigenvalue weighted by Gasteiger charge is 2.56. The molecule has 3 aliphatic heterocycles. The minimum absolute atomic E-state index is 0.263. The van der Waals surface area contributed by atoms with E-state index in [1.807, 2.05) is 32.1 Å². The van der Waals surface area contributed by atoms with E-state index in [1.165, 1.54) is 51.4 Å². The summed E-state index contributed by atoms with van der Waals surface area (Å²) < 4.78 is 18.2. The van der Waals surface area contributed by atoms with Crippen LogP contribution in [0.2, 0.25) is 0 Å². The molecule has 1 aromatic carbocycles. The van der Waals surface area contributed by atoms with Crippen molar-refractivity contribution in [2.24, 2.45) is 0 Å². The zero-order chi connectivity index (χ0) is 24.5. The van der Waals surface area contributed by atoms with Crippen LogP contribution in [0.4, 0.5) is 0 Å². The highest BCUT2D eigenvalue weighted by atomic mass is 16.7. The third kappa shape index (κ3) is 4.92. The van der Waals surface area contributed by atoms with Gasteiger partial charge in [0, 0.05) is 11.6 Å². The Bertz CT molecular complexity index is 1060. The molecule has 0 fully saturated rings. The third-order valence-corrected chi connectivity index (χ3v) is 7.70. The van der Waals surface area contributed by atoms with Gasteiger partial charge in [0.2, 0.25) is 0 Å². The van der Waals surface area contributed by atoms with Crippen molar-refractivity contribution in [2.45, 2.75) is 115 Å². The third-order valence-electron chi connectivity index (χ3n) is 7.70. The Balaban J connectivity index is 1.47. The fourth-order valence-corrected chi connectivity index (χ4v) is 5.72. The normalized spacial score (nSPS) is 26.7. The van der Waals surface area contributed by atoms with Gasteiger partial charge in [0.1, 0.15) is 17.1 Å². The van der Waals surface area contributed by atoms with Crippen LogP contribution in [0.5, 0.6) is 11.5 Å². The van der Waals surface area contributed by atoms with Gasteiger partial charge in [0.25, 0.3) is 5.78 Å². The number of carbonyl (C=O) groups excluding carboxylic acids is 2. The molecule has 35 heavy (non-hydrogen) atoms. The molecule has 5 nitrogen and oxygen atoms in total. The minimum atomic E-state index is -1.67. The van der Waals surface area contributed by atoms with Gasteiger partial charge in [0.05, 0.1) is 11.1 Å². The van der Waals surface area contributed by atoms with Crippen molar-refractivity contribution in [2.75, 3.05) is 0 Å². The van der Waals surface area contributed by atoms with Crippen LogP contribution in [-0.2, 0) is 16.0 Å². The molecule has 0 radical (unpaired) electrons. The molecule has 4 aliphatic rings. The number of ether oxygens (including phenoxy) is 3. The summed E-state index contributed by atoms with van der Waals surface area (Å²) >= 11 is 0. The SMILES string of the molecule is CC1(C)C=Cc2c(cc3c4c2OC2(C=C(CCCCCCCCCCCCCC3)C(=O)O2)C4=O)O1. The number of Topliss-reactive ketones (excluding diaryl/α,β-unsaturated/α-hetero) is 1. The molecular formula is C30H38O5. The van der Waals surface area contributed by atoms with E-state index in [0.29, 0.717) is 23.3 Å². The van der Waals surface area contributed by atoms with Gasteiger partial charge in [-0.3, -0.25) is 4.79 Å². The molecule has 188 valence electrons. The van der Waals surface area contributed by atoms with Gasteiger partial charge >= 0.3 is 11.8 Å². The Hall–Kier alpha value is -2.56. The van der Waals surface area contributed by atoms with E-state index in [4.69, 9.17) is 14.2 Å². The molecule has 0 aromatic heterocycles. The Labute approximate surface area is 208 Å². The van der Waals surface area contributed by atoms with Crippen LogP contribution in [-0.4, -0.2) is 23.1 Å². The Kier molecular flexibility index (Phi) is 6.78. The van der Waals surface area contributed by atoms with Crippen LogP contribution in [0.25, 0.3) is 6.08 Å². The molecule has 1 atom stereocenters. The van der Waals surface area contributed by atoms with Crippen LogP contribution in [0.3, 0.4) is 0 Å². The number of ketones is 1. The number of esters is 1. The summed E-state index contributed by atoms with van der Waals surface area (Å²) in [6.45, 7) is 4.02. The highest BCUT2D eigenvalue weighted by molar-refractivity contribution is 6.13. The largest absolute Gasteiger partial charge is 0.483 e. The van der Waals surface area contributed by atoms with Gasteiger partial charge in [-0.1, -0.05) is 64.2 Å². The quantitative estimate of drug-likeness (QED) is 0.367. The first kappa shape index (κ1) is 24.1. The maximum atomic E-state index is 13.8. The average molecular weight is 479 g/mol. The second kappa shape index (κ2) is 9.83. The van der Waals surface area contributed by atoms with E-state index < -0.39 is 17.4 Å². The first-order chi connectivity index (χ1) is 16.9. The second-order valence-electron chi connectivity index (χ2n) is 11.1. The van der Waals surface area contributed by atoms with Gasteiger partial charge in [0.15, 0.2) is 0 Å². The van der Waals surface area contributed by atoms with Crippen LogP contribution >= 0.6 is 0 Å². The summed E-state index contributed by atoms with van der Waals surface area (Å²) in [6.07, 6.45) is 21.3. The van der Waals surface area contributed by atoms with E-state index >= 15 is 0 Å². The average Bonchev–Trinajstić information content (AvgIpc) is 3.27. The van der Waals surface area contributed by atoms with Crippen LogP contribution in [0.15, 0.2) is 23.8 Å². The van der Waals surface area contributed by atoms with E-state index in [1.54, 1.807) is 6.08 Å². The zero-order valence-electron chi connectivity index (χ0n) is 21.3. The van der Waals surface area contributed by atoms with Gasteiger partial charge in [-0.25, -0.2) is 4.79 Å². The molecule has 5 rings (SSSR count). The summed E-state index contributed by atoms with van der Waals surface area (Å²) in [5.41, 5.74) is 2.36. The molecule has 0 saturated carbocycles. The minimum Gasteiger partial charge on any atom is -0.483 e. The van der Waals surface area contributed by atoms with Crippen LogP contribution < -0.4 is 9.47 Å². The van der Waals surface area contributed by atoms with Crippen molar-refractivity contribution in [3.63, 3.8) is 0 Å². The Morgan fingerprint density at radius 2 is 1.34 bits per heavy atom. The lowest BCUT2D eigenvalue weighted by Crippen LogP contribution is -2.39. The number of carbonyl (C=O) groups is 2. The maximum Gasteiger partial charge on any atom is 0.340 e. The number of aryl methyl sites for hydroxylation is 1. The lowest BCUT2D eigenvalue weighted by Gasteiger charge is -2.29. The summed E-state index contributed by atoms with van der Waals surface area (Å²) in [5, 5.41) is 0. The fourth-order valence-electron chi connectivity index (χ4n) is 5.72. The van der Waals surface area contributed by atoms with Crippen molar-refractivity contribution in [1.29, 1.82) is 0 Å². The molecule has 1 unspecified atom stereocenters. The van der Waals surface area contributed by atoms with E-state index in [9.17, 15) is 9.59 Å². The van der Waals surface area contributed by atoms with Crippen LogP contribution in [0.1, 0.15) is 119 Å². The zero-order valence-corrected chi connectivity index (χ0v) is 21.3. The number of hydrogen-bond acceptors (Lipinski definition) is 5. The van der Waals surface area contributed by atoms with Gasteiger partial charge in [-0.15, -0.1) is 0 Å².